The van der Waals surface area contributed by atoms with Crippen LogP contribution in [0.2, 0.25) is 0 Å². The minimum absolute atomic E-state index is 0.510. The van der Waals surface area contributed by atoms with Crippen LogP contribution in [0.4, 0.5) is 5.95 Å². The maximum absolute atomic E-state index is 5.17. The summed E-state index contributed by atoms with van der Waals surface area (Å²) in [7, 11) is 1.63. The SMILES string of the molecule is COc1ccnc(N2CCN(Cc3csc(C(C)C)n3)CC2)n1. The van der Waals surface area contributed by atoms with Gasteiger partial charge < -0.3 is 9.64 Å². The normalized spacial score (nSPS) is 16.1. The van der Waals surface area contributed by atoms with E-state index in [1.54, 1.807) is 30.7 Å². The monoisotopic (exact) mass is 333 g/mol. The second kappa shape index (κ2) is 7.23. The molecular weight excluding hydrogens is 310 g/mol. The third-order valence-electron chi connectivity index (χ3n) is 3.93. The minimum Gasteiger partial charge on any atom is -0.481 e. The van der Waals surface area contributed by atoms with E-state index in [-0.39, 0.29) is 0 Å². The van der Waals surface area contributed by atoms with E-state index in [4.69, 9.17) is 9.72 Å². The first-order valence-electron chi connectivity index (χ1n) is 7.94. The van der Waals surface area contributed by atoms with Gasteiger partial charge in [0.15, 0.2) is 0 Å². The Balaban J connectivity index is 1.55. The smallest absolute Gasteiger partial charge is 0.228 e. The van der Waals surface area contributed by atoms with Crippen molar-refractivity contribution < 1.29 is 4.74 Å². The van der Waals surface area contributed by atoms with Crippen LogP contribution in [0.1, 0.15) is 30.5 Å². The van der Waals surface area contributed by atoms with Gasteiger partial charge in [-0.3, -0.25) is 4.90 Å². The Morgan fingerprint density at radius 1 is 1.22 bits per heavy atom. The van der Waals surface area contributed by atoms with Crippen LogP contribution in [-0.4, -0.2) is 53.1 Å². The number of piperazine rings is 1. The number of aromatic nitrogens is 3. The van der Waals surface area contributed by atoms with Crippen LogP contribution >= 0.6 is 11.3 Å². The molecule has 23 heavy (non-hydrogen) atoms. The Labute approximate surface area is 141 Å². The second-order valence-electron chi connectivity index (χ2n) is 5.99. The number of nitrogens with zero attached hydrogens (tertiary/aromatic N) is 5. The van der Waals surface area contributed by atoms with E-state index in [1.165, 1.54) is 10.7 Å². The highest BCUT2D eigenvalue weighted by molar-refractivity contribution is 7.09. The Kier molecular flexibility index (Phi) is 5.07. The summed E-state index contributed by atoms with van der Waals surface area (Å²) in [4.78, 5) is 18.1. The second-order valence-corrected chi connectivity index (χ2v) is 6.88. The maximum atomic E-state index is 5.17. The molecule has 2 aromatic heterocycles. The van der Waals surface area contributed by atoms with Crippen LogP contribution in [0.15, 0.2) is 17.6 Å². The lowest BCUT2D eigenvalue weighted by atomic mass is 10.2. The van der Waals surface area contributed by atoms with Gasteiger partial charge in [0.05, 0.1) is 17.8 Å². The lowest BCUT2D eigenvalue weighted by Gasteiger charge is -2.34. The molecule has 3 heterocycles. The van der Waals surface area contributed by atoms with Gasteiger partial charge >= 0.3 is 0 Å². The average Bonchev–Trinajstić information content (AvgIpc) is 3.04. The standard InChI is InChI=1S/C16H23N5OS/c1-12(2)15-18-13(11-23-15)10-20-6-8-21(9-7-20)16-17-5-4-14(19-16)22-3/h4-5,11-12H,6-10H2,1-3H3. The van der Waals surface area contributed by atoms with Crippen LogP contribution in [0.3, 0.4) is 0 Å². The van der Waals surface area contributed by atoms with Crippen LogP contribution in [0, 0.1) is 0 Å². The lowest BCUT2D eigenvalue weighted by Crippen LogP contribution is -2.46. The summed E-state index contributed by atoms with van der Waals surface area (Å²) >= 11 is 1.77. The van der Waals surface area contributed by atoms with Gasteiger partial charge in [-0.25, -0.2) is 9.97 Å². The van der Waals surface area contributed by atoms with E-state index in [2.05, 4.69) is 39.0 Å². The molecule has 1 saturated heterocycles. The van der Waals surface area contributed by atoms with Gasteiger partial charge in [0.2, 0.25) is 11.8 Å². The Morgan fingerprint density at radius 3 is 2.65 bits per heavy atom. The van der Waals surface area contributed by atoms with Gasteiger partial charge in [0, 0.05) is 56.3 Å². The number of rotatable bonds is 5. The summed E-state index contributed by atoms with van der Waals surface area (Å²) in [6.07, 6.45) is 1.75. The molecular formula is C16H23N5OS. The highest BCUT2D eigenvalue weighted by Gasteiger charge is 2.20. The fraction of sp³-hybridized carbons (Fsp3) is 0.562. The molecule has 0 aromatic carbocycles. The maximum Gasteiger partial charge on any atom is 0.228 e. The number of thiazole rings is 1. The predicted molar refractivity (Wildman–Crippen MR) is 92.3 cm³/mol. The molecule has 1 aliphatic heterocycles. The molecule has 1 fully saturated rings. The summed E-state index contributed by atoms with van der Waals surface area (Å²) < 4.78 is 5.17. The van der Waals surface area contributed by atoms with E-state index in [0.29, 0.717) is 11.8 Å². The van der Waals surface area contributed by atoms with Crippen molar-refractivity contribution in [3.8, 4) is 5.88 Å². The molecule has 2 aromatic rings. The largest absolute Gasteiger partial charge is 0.481 e. The van der Waals surface area contributed by atoms with E-state index >= 15 is 0 Å². The van der Waals surface area contributed by atoms with Crippen molar-refractivity contribution in [1.82, 2.24) is 19.9 Å². The van der Waals surface area contributed by atoms with Crippen molar-refractivity contribution in [3.05, 3.63) is 28.3 Å². The lowest BCUT2D eigenvalue weighted by molar-refractivity contribution is 0.246. The molecule has 7 heteroatoms. The first-order chi connectivity index (χ1) is 11.2. The van der Waals surface area contributed by atoms with Gasteiger partial charge in [-0.15, -0.1) is 11.3 Å². The summed E-state index contributed by atoms with van der Waals surface area (Å²) in [6, 6.07) is 1.77. The summed E-state index contributed by atoms with van der Waals surface area (Å²) in [5, 5.41) is 3.41. The summed E-state index contributed by atoms with van der Waals surface area (Å²) in [6.45, 7) is 9.15. The number of hydrogen-bond acceptors (Lipinski definition) is 7. The molecule has 0 amide bonds. The Bertz CT molecular complexity index is 637. The number of anilines is 1. The fourth-order valence-corrected chi connectivity index (χ4v) is 3.42. The molecule has 0 spiro atoms. The molecule has 1 aliphatic rings. The number of hydrogen-bond donors (Lipinski definition) is 0. The molecule has 0 atom stereocenters. The third-order valence-corrected chi connectivity index (χ3v) is 5.12. The molecule has 0 saturated carbocycles. The Morgan fingerprint density at radius 2 is 2.00 bits per heavy atom. The van der Waals surface area contributed by atoms with Crippen molar-refractivity contribution >= 4 is 17.3 Å². The number of methoxy groups -OCH3 is 1. The molecule has 6 nitrogen and oxygen atoms in total. The van der Waals surface area contributed by atoms with E-state index in [1.807, 2.05) is 0 Å². The van der Waals surface area contributed by atoms with Crippen molar-refractivity contribution in [2.45, 2.75) is 26.3 Å². The molecule has 3 rings (SSSR count). The fourth-order valence-electron chi connectivity index (χ4n) is 2.59. The van der Waals surface area contributed by atoms with Gasteiger partial charge in [0.25, 0.3) is 0 Å². The van der Waals surface area contributed by atoms with E-state index in [9.17, 15) is 0 Å². The topological polar surface area (TPSA) is 54.4 Å². The molecule has 0 radical (unpaired) electrons. The van der Waals surface area contributed by atoms with Gasteiger partial charge in [0.1, 0.15) is 0 Å². The first kappa shape index (κ1) is 16.1. The summed E-state index contributed by atoms with van der Waals surface area (Å²) in [5.41, 5.74) is 1.18. The van der Waals surface area contributed by atoms with Crippen LogP contribution < -0.4 is 9.64 Å². The van der Waals surface area contributed by atoms with Crippen LogP contribution in [-0.2, 0) is 6.54 Å². The van der Waals surface area contributed by atoms with Crippen molar-refractivity contribution in [2.24, 2.45) is 0 Å². The zero-order chi connectivity index (χ0) is 16.2. The minimum atomic E-state index is 0.510. The van der Waals surface area contributed by atoms with Crippen molar-refractivity contribution in [3.63, 3.8) is 0 Å². The van der Waals surface area contributed by atoms with Crippen molar-refractivity contribution in [2.75, 3.05) is 38.2 Å². The summed E-state index contributed by atoms with van der Waals surface area (Å²) in [5.74, 6) is 1.87. The quantitative estimate of drug-likeness (QED) is 0.837. The average molecular weight is 333 g/mol. The van der Waals surface area contributed by atoms with Crippen LogP contribution in [0.5, 0.6) is 5.88 Å². The third kappa shape index (κ3) is 3.97. The molecule has 0 aliphatic carbocycles. The first-order valence-corrected chi connectivity index (χ1v) is 8.82. The zero-order valence-electron chi connectivity index (χ0n) is 13.9. The van der Waals surface area contributed by atoms with Crippen LogP contribution in [0.25, 0.3) is 0 Å². The van der Waals surface area contributed by atoms with Crippen molar-refractivity contribution in [1.29, 1.82) is 0 Å². The molecule has 0 N–H and O–H groups in total. The highest BCUT2D eigenvalue weighted by Crippen LogP contribution is 2.21. The molecule has 0 bridgehead atoms. The van der Waals surface area contributed by atoms with Gasteiger partial charge in [-0.2, -0.15) is 4.98 Å². The van der Waals surface area contributed by atoms with E-state index < -0.39 is 0 Å². The van der Waals surface area contributed by atoms with E-state index in [0.717, 1.165) is 38.7 Å². The number of ether oxygens (including phenoxy) is 1. The van der Waals surface area contributed by atoms with Gasteiger partial charge in [-0.1, -0.05) is 13.8 Å². The Hall–Kier alpha value is -1.73. The highest BCUT2D eigenvalue weighted by atomic mass is 32.1. The molecule has 0 unspecified atom stereocenters. The van der Waals surface area contributed by atoms with Gasteiger partial charge in [-0.05, 0) is 0 Å². The molecule has 124 valence electrons. The zero-order valence-corrected chi connectivity index (χ0v) is 14.7. The predicted octanol–water partition coefficient (Wildman–Crippen LogP) is 2.39.